The molecule has 11 heteroatoms. The highest BCUT2D eigenvalue weighted by Crippen LogP contribution is 2.33. The van der Waals surface area contributed by atoms with E-state index >= 15 is 0 Å². The van der Waals surface area contributed by atoms with Gasteiger partial charge >= 0.3 is 12.1 Å². The molecule has 28 heavy (non-hydrogen) atoms. The number of carbonyl (C=O) groups excluding carboxylic acids is 2. The van der Waals surface area contributed by atoms with Crippen LogP contribution in [0.2, 0.25) is 5.15 Å². The second kappa shape index (κ2) is 6.41. The van der Waals surface area contributed by atoms with E-state index < -0.39 is 24.7 Å². The Bertz CT molecular complexity index is 1110. The third kappa shape index (κ3) is 3.11. The molecule has 7 nitrogen and oxygen atoms in total. The van der Waals surface area contributed by atoms with Crippen molar-refractivity contribution in [1.82, 2.24) is 15.3 Å². The lowest BCUT2D eigenvalue weighted by Crippen LogP contribution is -2.46. The molecular formula is C17H10ClF3N4O3. The van der Waals surface area contributed by atoms with Crippen LogP contribution in [0.25, 0.3) is 22.2 Å². The van der Waals surface area contributed by atoms with E-state index in [2.05, 4.69) is 20.1 Å². The molecule has 0 fully saturated rings. The van der Waals surface area contributed by atoms with Crippen LogP contribution in [-0.4, -0.2) is 34.7 Å². The van der Waals surface area contributed by atoms with Crippen molar-refractivity contribution in [2.75, 3.05) is 11.7 Å². The summed E-state index contributed by atoms with van der Waals surface area (Å²) in [5.74, 6) is -3.00. The number of anilines is 1. The lowest BCUT2D eigenvalue weighted by molar-refractivity contribution is -0.201. The number of nitrogens with zero attached hydrogens (tertiary/aromatic N) is 2. The van der Waals surface area contributed by atoms with Crippen molar-refractivity contribution < 1.29 is 27.6 Å². The van der Waals surface area contributed by atoms with Crippen molar-refractivity contribution in [2.45, 2.75) is 6.18 Å². The lowest BCUT2D eigenvalue weighted by atomic mass is 10.1. The minimum Gasteiger partial charge on any atom is -0.338 e. The van der Waals surface area contributed by atoms with Crippen LogP contribution in [0, 0.1) is 0 Å². The number of halogens is 4. The van der Waals surface area contributed by atoms with Gasteiger partial charge in [0, 0.05) is 10.9 Å². The Hall–Kier alpha value is -3.27. The number of alkyl halides is 3. The van der Waals surface area contributed by atoms with Gasteiger partial charge in [-0.1, -0.05) is 29.8 Å². The van der Waals surface area contributed by atoms with E-state index in [1.54, 1.807) is 24.3 Å². The van der Waals surface area contributed by atoms with Gasteiger partial charge in [-0.15, -0.1) is 0 Å². The Morgan fingerprint density at radius 1 is 1.21 bits per heavy atom. The number of benzene rings is 1. The van der Waals surface area contributed by atoms with Crippen LogP contribution in [-0.2, 0) is 9.63 Å². The fourth-order valence-corrected chi connectivity index (χ4v) is 2.99. The van der Waals surface area contributed by atoms with Crippen molar-refractivity contribution in [2.24, 2.45) is 0 Å². The van der Waals surface area contributed by atoms with Crippen LogP contribution in [0.15, 0.2) is 36.4 Å². The molecule has 0 atom stereocenters. The van der Waals surface area contributed by atoms with E-state index in [1.807, 2.05) is 6.07 Å². The number of rotatable bonds is 2. The Morgan fingerprint density at radius 2 is 2.00 bits per heavy atom. The predicted octanol–water partition coefficient (Wildman–Crippen LogP) is 3.41. The molecule has 1 amide bonds. The van der Waals surface area contributed by atoms with E-state index in [-0.39, 0.29) is 16.5 Å². The van der Waals surface area contributed by atoms with Crippen LogP contribution in [0.5, 0.6) is 0 Å². The van der Waals surface area contributed by atoms with Gasteiger partial charge < -0.3 is 15.1 Å². The first kappa shape index (κ1) is 18.1. The number of hydrogen-bond acceptors (Lipinski definition) is 5. The lowest BCUT2D eigenvalue weighted by Gasteiger charge is -2.26. The number of amides is 1. The largest absolute Gasteiger partial charge is 0.493 e. The van der Waals surface area contributed by atoms with Crippen LogP contribution in [0.3, 0.4) is 0 Å². The third-order valence-electron chi connectivity index (χ3n) is 4.08. The van der Waals surface area contributed by atoms with Gasteiger partial charge in [-0.3, -0.25) is 4.79 Å². The van der Waals surface area contributed by atoms with Gasteiger partial charge in [0.15, 0.2) is 5.82 Å². The Balaban J connectivity index is 1.79. The molecule has 144 valence electrons. The van der Waals surface area contributed by atoms with E-state index in [0.717, 1.165) is 5.39 Å². The molecule has 0 saturated heterocycles. The number of hydrogen-bond donors (Lipinski definition) is 2. The summed E-state index contributed by atoms with van der Waals surface area (Å²) in [5, 5.41) is 4.02. The second-order valence-electron chi connectivity index (χ2n) is 5.88. The zero-order valence-electron chi connectivity index (χ0n) is 13.8. The highest BCUT2D eigenvalue weighted by Gasteiger charge is 2.44. The zero-order chi connectivity index (χ0) is 20.1. The molecule has 1 aromatic carbocycles. The van der Waals surface area contributed by atoms with Gasteiger partial charge in [0.2, 0.25) is 0 Å². The molecule has 0 saturated carbocycles. The van der Waals surface area contributed by atoms with Gasteiger partial charge in [-0.2, -0.15) is 18.2 Å². The predicted molar refractivity (Wildman–Crippen MR) is 93.5 cm³/mol. The highest BCUT2D eigenvalue weighted by atomic mass is 35.5. The summed E-state index contributed by atoms with van der Waals surface area (Å²) in [6, 6.07) is 10.1. The van der Waals surface area contributed by atoms with Gasteiger partial charge in [-0.25, -0.2) is 9.78 Å². The average molecular weight is 411 g/mol. The number of nitrogens with one attached hydrogen (secondary N) is 2. The molecule has 3 aromatic rings. The topological polar surface area (TPSA) is 87.3 Å². The number of pyridine rings is 1. The molecule has 0 bridgehead atoms. The van der Waals surface area contributed by atoms with Crippen molar-refractivity contribution in [1.29, 1.82) is 0 Å². The molecule has 1 aliphatic rings. The summed E-state index contributed by atoms with van der Waals surface area (Å²) in [6.07, 6.45) is -5.17. The standard InChI is InChI=1S/C17H10ClF3N4O3/c18-12-5-4-8-2-1-3-9(13(8)24-12)11-6-10-14(23-11)25(7-22-15(10)26)28-16(27)17(19,20)21/h1-6,23H,7H2,(H,22,26). The number of fused-ring (bicyclic) bond motifs is 2. The average Bonchev–Trinajstić information content (AvgIpc) is 3.09. The maximum atomic E-state index is 12.5. The molecule has 0 aliphatic carbocycles. The molecule has 0 radical (unpaired) electrons. The van der Waals surface area contributed by atoms with Gasteiger partial charge in [-0.05, 0) is 18.2 Å². The number of para-hydroxylation sites is 1. The van der Waals surface area contributed by atoms with E-state index in [0.29, 0.717) is 21.8 Å². The summed E-state index contributed by atoms with van der Waals surface area (Å²) < 4.78 is 37.6. The SMILES string of the molecule is O=C1NCN(OC(=O)C(F)(F)F)c2[nH]c(-c3cccc4ccc(Cl)nc34)cc21. The van der Waals surface area contributed by atoms with Crippen molar-refractivity contribution in [3.05, 3.63) is 47.1 Å². The van der Waals surface area contributed by atoms with Gasteiger partial charge in [0.25, 0.3) is 5.91 Å². The number of H-pyrrole nitrogens is 1. The number of aromatic nitrogens is 2. The van der Waals surface area contributed by atoms with E-state index in [4.69, 9.17) is 11.6 Å². The first-order valence-corrected chi connectivity index (χ1v) is 8.25. The first-order valence-electron chi connectivity index (χ1n) is 7.87. The van der Waals surface area contributed by atoms with Gasteiger partial charge in [0.1, 0.15) is 11.8 Å². The highest BCUT2D eigenvalue weighted by molar-refractivity contribution is 6.29. The maximum absolute atomic E-state index is 12.5. The van der Waals surface area contributed by atoms with Crippen molar-refractivity contribution >= 4 is 40.2 Å². The Kier molecular flexibility index (Phi) is 4.15. The van der Waals surface area contributed by atoms with Crippen molar-refractivity contribution in [3.8, 4) is 11.3 Å². The third-order valence-corrected chi connectivity index (χ3v) is 4.29. The van der Waals surface area contributed by atoms with E-state index in [1.165, 1.54) is 6.07 Å². The molecule has 2 aromatic heterocycles. The Morgan fingerprint density at radius 3 is 2.75 bits per heavy atom. The minimum absolute atomic E-state index is 0.0234. The summed E-state index contributed by atoms with van der Waals surface area (Å²) in [5.41, 5.74) is 1.53. The van der Waals surface area contributed by atoms with Crippen molar-refractivity contribution in [3.63, 3.8) is 0 Å². The minimum atomic E-state index is -5.17. The summed E-state index contributed by atoms with van der Waals surface area (Å²) in [6.45, 7) is -0.437. The van der Waals surface area contributed by atoms with Gasteiger partial charge in [0.05, 0.1) is 16.8 Å². The number of carbonyl (C=O) groups is 2. The summed E-state index contributed by atoms with van der Waals surface area (Å²) in [7, 11) is 0. The monoisotopic (exact) mass is 410 g/mol. The molecule has 3 heterocycles. The first-order chi connectivity index (χ1) is 13.2. The normalized spacial score (nSPS) is 14.0. The molecule has 1 aliphatic heterocycles. The molecule has 4 rings (SSSR count). The maximum Gasteiger partial charge on any atom is 0.493 e. The molecule has 0 spiro atoms. The Labute approximate surface area is 160 Å². The molecule has 0 unspecified atom stereocenters. The summed E-state index contributed by atoms with van der Waals surface area (Å²) in [4.78, 5) is 34.8. The number of hydroxylamine groups is 1. The molecular weight excluding hydrogens is 401 g/mol. The van der Waals surface area contributed by atoms with Crippen LogP contribution in [0.4, 0.5) is 19.0 Å². The smallest absolute Gasteiger partial charge is 0.338 e. The fourth-order valence-electron chi connectivity index (χ4n) is 2.85. The van der Waals surface area contributed by atoms with Crippen LogP contribution < -0.4 is 10.4 Å². The zero-order valence-corrected chi connectivity index (χ0v) is 14.6. The molecule has 2 N–H and O–H groups in total. The summed E-state index contributed by atoms with van der Waals surface area (Å²) >= 11 is 5.97. The second-order valence-corrected chi connectivity index (χ2v) is 6.26. The number of aromatic amines is 1. The van der Waals surface area contributed by atoms with Crippen LogP contribution >= 0.6 is 11.6 Å². The quantitative estimate of drug-likeness (QED) is 0.632. The van der Waals surface area contributed by atoms with E-state index in [9.17, 15) is 22.8 Å². The fraction of sp³-hybridized carbons (Fsp3) is 0.118. The van der Waals surface area contributed by atoms with Crippen LogP contribution in [0.1, 0.15) is 10.4 Å².